The van der Waals surface area contributed by atoms with Crippen LogP contribution in [0.2, 0.25) is 0 Å². The van der Waals surface area contributed by atoms with Gasteiger partial charge in [-0.2, -0.15) is 0 Å². The molecule has 0 saturated carbocycles. The Labute approximate surface area is 75.6 Å². The molecule has 0 aromatic carbocycles. The summed E-state index contributed by atoms with van der Waals surface area (Å²) in [6, 6.07) is 0.602. The molecule has 68 valence electrons. The highest BCUT2D eigenvalue weighted by atomic mass is 14.8. The van der Waals surface area contributed by atoms with Gasteiger partial charge in [0, 0.05) is 6.04 Å². The van der Waals surface area contributed by atoms with Crippen molar-refractivity contribution in [1.29, 1.82) is 0 Å². The van der Waals surface area contributed by atoms with Crippen molar-refractivity contribution in [3.05, 3.63) is 23.8 Å². The molecular weight excluding hydrogens is 146 g/mol. The highest BCUT2D eigenvalue weighted by Gasteiger charge is 2.11. The second-order valence-electron chi connectivity index (χ2n) is 3.70. The molecule has 1 N–H and O–H groups in total. The predicted octanol–water partition coefficient (Wildman–Crippen LogP) is 2.51. The molecule has 0 spiro atoms. The molecule has 1 rings (SSSR count). The van der Waals surface area contributed by atoms with Crippen LogP contribution in [-0.2, 0) is 0 Å². The van der Waals surface area contributed by atoms with E-state index in [1.54, 1.807) is 5.57 Å². The third kappa shape index (κ3) is 2.49. The van der Waals surface area contributed by atoms with Crippen molar-refractivity contribution >= 4 is 0 Å². The molecule has 0 fully saturated rings. The molecule has 12 heavy (non-hydrogen) atoms. The van der Waals surface area contributed by atoms with E-state index in [0.717, 1.165) is 5.92 Å². The van der Waals surface area contributed by atoms with Crippen molar-refractivity contribution < 1.29 is 0 Å². The van der Waals surface area contributed by atoms with Gasteiger partial charge in [-0.3, -0.25) is 0 Å². The SMILES string of the molecule is CN[C@H](C)CC1=CC=CCC1C. The van der Waals surface area contributed by atoms with Crippen LogP contribution in [0.25, 0.3) is 0 Å². The Morgan fingerprint density at radius 2 is 2.42 bits per heavy atom. The van der Waals surface area contributed by atoms with Gasteiger partial charge in [0.2, 0.25) is 0 Å². The first-order valence-electron chi connectivity index (χ1n) is 4.77. The van der Waals surface area contributed by atoms with Crippen LogP contribution in [0.4, 0.5) is 0 Å². The molecule has 0 heterocycles. The monoisotopic (exact) mass is 165 g/mol. The van der Waals surface area contributed by atoms with Gasteiger partial charge in [-0.05, 0) is 32.7 Å². The van der Waals surface area contributed by atoms with E-state index in [0.29, 0.717) is 6.04 Å². The maximum absolute atomic E-state index is 3.27. The minimum atomic E-state index is 0.602. The fraction of sp³-hybridized carbons (Fsp3) is 0.636. The summed E-state index contributed by atoms with van der Waals surface area (Å²) >= 11 is 0. The summed E-state index contributed by atoms with van der Waals surface area (Å²) in [4.78, 5) is 0. The van der Waals surface area contributed by atoms with E-state index in [1.165, 1.54) is 12.8 Å². The maximum Gasteiger partial charge on any atom is 0.00731 e. The van der Waals surface area contributed by atoms with Crippen LogP contribution < -0.4 is 5.32 Å². The molecule has 1 heteroatoms. The normalized spacial score (nSPS) is 25.2. The summed E-state index contributed by atoms with van der Waals surface area (Å²) < 4.78 is 0. The third-order valence-electron chi connectivity index (χ3n) is 2.60. The predicted molar refractivity (Wildman–Crippen MR) is 54.1 cm³/mol. The summed E-state index contributed by atoms with van der Waals surface area (Å²) in [5.74, 6) is 0.741. The number of hydrogen-bond acceptors (Lipinski definition) is 1. The van der Waals surface area contributed by atoms with Crippen LogP contribution in [0.1, 0.15) is 26.7 Å². The van der Waals surface area contributed by atoms with E-state index in [2.05, 4.69) is 37.4 Å². The molecule has 0 saturated heterocycles. The van der Waals surface area contributed by atoms with Gasteiger partial charge in [0.25, 0.3) is 0 Å². The first-order chi connectivity index (χ1) is 5.74. The van der Waals surface area contributed by atoms with Gasteiger partial charge in [-0.15, -0.1) is 0 Å². The molecule has 0 amide bonds. The third-order valence-corrected chi connectivity index (χ3v) is 2.60. The van der Waals surface area contributed by atoms with Gasteiger partial charge in [-0.25, -0.2) is 0 Å². The zero-order valence-corrected chi connectivity index (χ0v) is 8.30. The lowest BCUT2D eigenvalue weighted by Crippen LogP contribution is -2.23. The second kappa shape index (κ2) is 4.46. The minimum Gasteiger partial charge on any atom is -0.317 e. The van der Waals surface area contributed by atoms with Crippen LogP contribution in [0.15, 0.2) is 23.8 Å². The van der Waals surface area contributed by atoms with Crippen molar-refractivity contribution in [3.63, 3.8) is 0 Å². The van der Waals surface area contributed by atoms with Crippen molar-refractivity contribution in [2.24, 2.45) is 5.92 Å². The van der Waals surface area contributed by atoms with E-state index in [4.69, 9.17) is 0 Å². The van der Waals surface area contributed by atoms with Gasteiger partial charge in [0.1, 0.15) is 0 Å². The molecule has 0 bridgehead atoms. The Bertz CT molecular complexity index is 191. The second-order valence-corrected chi connectivity index (χ2v) is 3.70. The lowest BCUT2D eigenvalue weighted by molar-refractivity contribution is 0.551. The largest absolute Gasteiger partial charge is 0.317 e. The molecular formula is C11H19N. The number of allylic oxidation sites excluding steroid dienone is 3. The van der Waals surface area contributed by atoms with Crippen LogP contribution in [0.3, 0.4) is 0 Å². The smallest absolute Gasteiger partial charge is 0.00731 e. The van der Waals surface area contributed by atoms with Crippen molar-refractivity contribution in [2.45, 2.75) is 32.7 Å². The first-order valence-corrected chi connectivity index (χ1v) is 4.77. The fourth-order valence-corrected chi connectivity index (χ4v) is 1.51. The van der Waals surface area contributed by atoms with Gasteiger partial charge in [-0.1, -0.05) is 30.7 Å². The Morgan fingerprint density at radius 3 is 3.00 bits per heavy atom. The topological polar surface area (TPSA) is 12.0 Å². The summed E-state index contributed by atoms with van der Waals surface area (Å²) in [5, 5.41) is 3.27. The molecule has 0 aliphatic heterocycles. The molecule has 0 aromatic rings. The molecule has 1 aliphatic carbocycles. The molecule has 1 unspecified atom stereocenters. The van der Waals surface area contributed by atoms with E-state index in [9.17, 15) is 0 Å². The van der Waals surface area contributed by atoms with Crippen molar-refractivity contribution in [3.8, 4) is 0 Å². The molecule has 0 aromatic heterocycles. The minimum absolute atomic E-state index is 0.602. The molecule has 0 radical (unpaired) electrons. The fourth-order valence-electron chi connectivity index (χ4n) is 1.51. The average molecular weight is 165 g/mol. The summed E-state index contributed by atoms with van der Waals surface area (Å²) in [7, 11) is 2.02. The van der Waals surface area contributed by atoms with Crippen LogP contribution in [0, 0.1) is 5.92 Å². The zero-order chi connectivity index (χ0) is 8.97. The summed E-state index contributed by atoms with van der Waals surface area (Å²) in [6.07, 6.45) is 9.09. The standard InChI is InChI=1S/C11H19N/c1-9-6-4-5-7-11(9)8-10(2)12-3/h4-5,7,9-10,12H,6,8H2,1-3H3/t9?,10-/m1/s1. The Hall–Kier alpha value is -0.560. The van der Waals surface area contributed by atoms with E-state index < -0.39 is 0 Å². The molecule has 2 atom stereocenters. The Kier molecular flexibility index (Phi) is 3.54. The van der Waals surface area contributed by atoms with Crippen molar-refractivity contribution in [1.82, 2.24) is 5.32 Å². The number of rotatable bonds is 3. The number of hydrogen-bond donors (Lipinski definition) is 1. The van der Waals surface area contributed by atoms with E-state index in [1.807, 2.05) is 7.05 Å². The lowest BCUT2D eigenvalue weighted by atomic mass is 9.89. The quantitative estimate of drug-likeness (QED) is 0.677. The zero-order valence-electron chi connectivity index (χ0n) is 8.30. The van der Waals surface area contributed by atoms with Gasteiger partial charge >= 0.3 is 0 Å². The first kappa shape index (κ1) is 9.53. The van der Waals surface area contributed by atoms with Gasteiger partial charge < -0.3 is 5.32 Å². The van der Waals surface area contributed by atoms with Gasteiger partial charge in [0.15, 0.2) is 0 Å². The summed E-state index contributed by atoms with van der Waals surface area (Å²) in [6.45, 7) is 4.53. The number of nitrogens with one attached hydrogen (secondary N) is 1. The van der Waals surface area contributed by atoms with E-state index in [-0.39, 0.29) is 0 Å². The van der Waals surface area contributed by atoms with Crippen LogP contribution in [0.5, 0.6) is 0 Å². The highest BCUT2D eigenvalue weighted by Crippen LogP contribution is 2.23. The average Bonchev–Trinajstić information content (AvgIpc) is 2.09. The van der Waals surface area contributed by atoms with Crippen LogP contribution >= 0.6 is 0 Å². The van der Waals surface area contributed by atoms with Crippen molar-refractivity contribution in [2.75, 3.05) is 7.05 Å². The highest BCUT2D eigenvalue weighted by molar-refractivity contribution is 5.20. The Balaban J connectivity index is 2.49. The van der Waals surface area contributed by atoms with Crippen LogP contribution in [-0.4, -0.2) is 13.1 Å². The maximum atomic E-state index is 3.27. The Morgan fingerprint density at radius 1 is 1.67 bits per heavy atom. The molecule has 1 nitrogen and oxygen atoms in total. The lowest BCUT2D eigenvalue weighted by Gasteiger charge is -2.20. The van der Waals surface area contributed by atoms with Gasteiger partial charge in [0.05, 0.1) is 0 Å². The van der Waals surface area contributed by atoms with E-state index >= 15 is 0 Å². The summed E-state index contributed by atoms with van der Waals surface area (Å²) in [5.41, 5.74) is 1.58. The molecule has 1 aliphatic rings.